The lowest BCUT2D eigenvalue weighted by Crippen LogP contribution is -1.83. The van der Waals surface area contributed by atoms with E-state index >= 15 is 0 Å². The third-order valence-corrected chi connectivity index (χ3v) is 2.73. The molecular formula is C9H8MgO3. The number of hydrogen-bond acceptors (Lipinski definition) is 3. The zero-order valence-electron chi connectivity index (χ0n) is 7.37. The summed E-state index contributed by atoms with van der Waals surface area (Å²) in [6, 6.07) is 0. The van der Waals surface area contributed by atoms with Gasteiger partial charge >= 0.3 is 20.4 Å². The Labute approximate surface area is 88.6 Å². The molecule has 1 rings (SSSR count). The Bertz CT molecular complexity index is 150. The molecule has 0 fully saturated rings. The quantitative estimate of drug-likeness (QED) is 0.560. The normalized spacial score (nSPS) is 9.77. The van der Waals surface area contributed by atoms with Crippen molar-refractivity contribution in [3.63, 3.8) is 0 Å². The maximum Gasteiger partial charge on any atom is 0.398 e. The SMILES string of the molecule is [CH3][Mg][C]1=CC=CC1.[C]=O.[C]=O.[C]=O. The minimum atomic E-state index is 0.189. The van der Waals surface area contributed by atoms with E-state index in [0.717, 1.165) is 0 Å². The monoisotopic (exact) mass is 188 g/mol. The molecule has 0 saturated carbocycles. The summed E-state index contributed by atoms with van der Waals surface area (Å²) < 4.78 is 1.69. The highest BCUT2D eigenvalue weighted by Gasteiger charge is 1.95. The van der Waals surface area contributed by atoms with Crippen molar-refractivity contribution in [1.29, 1.82) is 0 Å². The summed E-state index contributed by atoms with van der Waals surface area (Å²) in [5.74, 6) is 0. The standard InChI is InChI=1S/C5H5.3CO.CH3.Mg/c1-2-4-5-3-1;3*1-2;;/h1-3H,4H2;;;;1H3;. The fourth-order valence-electron chi connectivity index (χ4n) is 0.754. The molecule has 6 radical (unpaired) electrons. The molecule has 0 N–H and O–H groups in total. The molecule has 0 amide bonds. The predicted molar refractivity (Wildman–Crippen MR) is 50.5 cm³/mol. The Hall–Kier alpha value is -0.744. The zero-order valence-corrected chi connectivity index (χ0v) is 8.79. The molecule has 0 heterocycles. The van der Waals surface area contributed by atoms with Gasteiger partial charge in [-0.25, -0.2) is 0 Å². The van der Waals surface area contributed by atoms with Crippen molar-refractivity contribution in [2.45, 2.75) is 11.5 Å². The lowest BCUT2D eigenvalue weighted by Gasteiger charge is -1.87. The number of rotatable bonds is 1. The number of hydrogen-bond donors (Lipinski definition) is 0. The Morgan fingerprint density at radius 3 is 1.77 bits per heavy atom. The van der Waals surface area contributed by atoms with Crippen molar-refractivity contribution in [1.82, 2.24) is 0 Å². The first kappa shape index (κ1) is 18.1. The van der Waals surface area contributed by atoms with E-state index in [0.29, 0.717) is 0 Å². The van der Waals surface area contributed by atoms with E-state index in [1.165, 1.54) is 6.42 Å². The smallest absolute Gasteiger partial charge is 0.281 e. The minimum Gasteiger partial charge on any atom is -0.281 e. The van der Waals surface area contributed by atoms with Crippen molar-refractivity contribution in [3.05, 3.63) is 21.9 Å². The van der Waals surface area contributed by atoms with Crippen molar-refractivity contribution in [3.8, 4) is 0 Å². The number of allylic oxidation sites excluding steroid dienone is 4. The largest absolute Gasteiger partial charge is 0.398 e. The summed E-state index contributed by atoms with van der Waals surface area (Å²) in [4.78, 5) is 22.5. The average Bonchev–Trinajstić information content (AvgIpc) is 2.79. The molecule has 0 unspecified atom stereocenters. The van der Waals surface area contributed by atoms with Crippen molar-refractivity contribution in [2.75, 3.05) is 0 Å². The fraction of sp³-hybridized carbons (Fsp3) is 0.222. The lowest BCUT2D eigenvalue weighted by atomic mass is 10.5. The van der Waals surface area contributed by atoms with Crippen LogP contribution in [0.25, 0.3) is 0 Å². The first-order valence-corrected chi connectivity index (χ1v) is 5.51. The molecule has 0 aromatic heterocycles. The van der Waals surface area contributed by atoms with Gasteiger partial charge in [0.05, 0.1) is 0 Å². The van der Waals surface area contributed by atoms with Crippen LogP contribution in [0.4, 0.5) is 0 Å². The Morgan fingerprint density at radius 1 is 1.15 bits per heavy atom. The average molecular weight is 188 g/mol. The van der Waals surface area contributed by atoms with E-state index in [1.54, 1.807) is 3.70 Å². The highest BCUT2D eigenvalue weighted by molar-refractivity contribution is 6.43. The van der Waals surface area contributed by atoms with Crippen molar-refractivity contribution in [2.24, 2.45) is 0 Å². The van der Waals surface area contributed by atoms with Gasteiger partial charge in [0.1, 0.15) is 0 Å². The summed E-state index contributed by atoms with van der Waals surface area (Å²) in [5, 5.41) is 2.33. The van der Waals surface area contributed by atoms with Crippen LogP contribution in [0.5, 0.6) is 0 Å². The van der Waals surface area contributed by atoms with E-state index in [2.05, 4.69) is 43.6 Å². The van der Waals surface area contributed by atoms with Gasteiger partial charge in [-0.05, 0) is 6.42 Å². The van der Waals surface area contributed by atoms with Crippen molar-refractivity contribution < 1.29 is 14.4 Å². The van der Waals surface area contributed by atoms with E-state index < -0.39 is 0 Å². The van der Waals surface area contributed by atoms with Crippen LogP contribution in [0.3, 0.4) is 0 Å². The molecule has 0 aliphatic heterocycles. The predicted octanol–water partition coefficient (Wildman–Crippen LogP) is 0.391. The Balaban J connectivity index is -0.000000144. The van der Waals surface area contributed by atoms with Crippen LogP contribution in [0.1, 0.15) is 6.42 Å². The molecule has 0 spiro atoms. The van der Waals surface area contributed by atoms with Gasteiger partial charge in [0.2, 0.25) is 0 Å². The van der Waals surface area contributed by atoms with Gasteiger partial charge in [-0.15, -0.1) is 0 Å². The molecule has 64 valence electrons. The third kappa shape index (κ3) is 14.1. The van der Waals surface area contributed by atoms with Gasteiger partial charge in [-0.2, -0.15) is 8.76 Å². The van der Waals surface area contributed by atoms with Crippen LogP contribution in [-0.4, -0.2) is 40.7 Å². The fourth-order valence-corrected chi connectivity index (χ4v) is 1.58. The van der Waals surface area contributed by atoms with E-state index in [1.807, 2.05) is 0 Å². The second-order valence-electron chi connectivity index (χ2n) is 1.81. The van der Waals surface area contributed by atoms with Gasteiger partial charge in [-0.3, -0.25) is 14.4 Å². The molecule has 0 aromatic carbocycles. The summed E-state index contributed by atoms with van der Waals surface area (Å²) >= 11 is 0.189. The first-order chi connectivity index (χ1) is 6.43. The second-order valence-corrected chi connectivity index (χ2v) is 3.43. The van der Waals surface area contributed by atoms with Gasteiger partial charge in [0, 0.05) is 0 Å². The summed E-state index contributed by atoms with van der Waals surface area (Å²) in [7, 11) is 0. The van der Waals surface area contributed by atoms with Crippen LogP contribution in [-0.2, 0) is 14.4 Å². The summed E-state index contributed by atoms with van der Waals surface area (Å²) in [6.45, 7) is 13.5. The molecule has 0 atom stereocenters. The Morgan fingerprint density at radius 2 is 1.62 bits per heavy atom. The van der Waals surface area contributed by atoms with Gasteiger partial charge in [0.25, 0.3) is 20.4 Å². The highest BCUT2D eigenvalue weighted by atomic mass is 24.5. The highest BCUT2D eigenvalue weighted by Crippen LogP contribution is 2.06. The van der Waals surface area contributed by atoms with Gasteiger partial charge in [0.15, 0.2) is 0 Å². The van der Waals surface area contributed by atoms with Crippen LogP contribution < -0.4 is 0 Å². The molecule has 1 aliphatic rings. The summed E-state index contributed by atoms with van der Waals surface area (Å²) in [5.41, 5.74) is 0. The van der Waals surface area contributed by atoms with Crippen LogP contribution >= 0.6 is 0 Å². The molecule has 0 aromatic rings. The van der Waals surface area contributed by atoms with E-state index in [4.69, 9.17) is 14.4 Å². The van der Waals surface area contributed by atoms with Crippen LogP contribution in [0.15, 0.2) is 21.9 Å². The molecule has 4 heteroatoms. The molecular weight excluding hydrogens is 180 g/mol. The third-order valence-electron chi connectivity index (χ3n) is 1.30. The maximum atomic E-state index is 7.50. The molecule has 0 saturated heterocycles. The van der Waals surface area contributed by atoms with E-state index in [-0.39, 0.29) is 20.4 Å². The van der Waals surface area contributed by atoms with Crippen LogP contribution in [0.2, 0.25) is 5.05 Å². The van der Waals surface area contributed by atoms with Crippen molar-refractivity contribution >= 4 is 40.7 Å². The Kier molecular flexibility index (Phi) is 31.4. The maximum absolute atomic E-state index is 7.50. The molecule has 0 bridgehead atoms. The topological polar surface area (TPSA) is 51.2 Å². The first-order valence-electron chi connectivity index (χ1n) is 3.39. The molecule has 13 heavy (non-hydrogen) atoms. The van der Waals surface area contributed by atoms with Crippen LogP contribution in [0, 0.1) is 0 Å². The minimum absolute atomic E-state index is 0.189. The lowest BCUT2D eigenvalue weighted by molar-refractivity contribution is 0.573. The number of carbonyl (C=O) groups excluding carboxylic acids is 3. The van der Waals surface area contributed by atoms with Gasteiger partial charge in [-0.1, -0.05) is 18.2 Å². The summed E-state index contributed by atoms with van der Waals surface area (Å²) in [6.07, 6.45) is 7.90. The second kappa shape index (κ2) is 22.5. The molecule has 1 aliphatic carbocycles. The molecule has 3 nitrogen and oxygen atoms in total. The zero-order chi connectivity index (χ0) is 11.1. The van der Waals surface area contributed by atoms with E-state index in [9.17, 15) is 0 Å². The van der Waals surface area contributed by atoms with Gasteiger partial charge < -0.3 is 0 Å².